The Morgan fingerprint density at radius 2 is 2.00 bits per heavy atom. The molecule has 0 aliphatic heterocycles. The van der Waals surface area contributed by atoms with E-state index in [0.717, 1.165) is 12.8 Å². The van der Waals surface area contributed by atoms with Crippen molar-refractivity contribution in [3.05, 3.63) is 0 Å². The van der Waals surface area contributed by atoms with Gasteiger partial charge in [0, 0.05) is 0 Å². The third-order valence-electron chi connectivity index (χ3n) is 1.68. The number of rotatable bonds is 5. The Balaban J connectivity index is 3.88. The molecule has 5 heteroatoms. The number of aliphatic carboxylic acids is 1. The molecular weight excluding hydrogens is 186 g/mol. The van der Waals surface area contributed by atoms with E-state index >= 15 is 0 Å². The van der Waals surface area contributed by atoms with Crippen molar-refractivity contribution in [3.8, 4) is 0 Å². The van der Waals surface area contributed by atoms with E-state index in [-0.39, 0.29) is 0 Å². The fraction of sp³-hybridized carbons (Fsp3) is 0.778. The largest absolute Gasteiger partial charge is 0.480 e. The lowest BCUT2D eigenvalue weighted by Crippen LogP contribution is -2.49. The monoisotopic (exact) mass is 203 g/mol. The quantitative estimate of drug-likeness (QED) is 0.662. The molecule has 0 saturated heterocycles. The fourth-order valence-electron chi connectivity index (χ4n) is 0.654. The minimum absolute atomic E-state index is 0.317. The van der Waals surface area contributed by atoms with Crippen molar-refractivity contribution in [2.24, 2.45) is 0 Å². The Morgan fingerprint density at radius 3 is 2.43 bits per heavy atom. The van der Waals surface area contributed by atoms with Gasteiger partial charge in [0.15, 0.2) is 0 Å². The topological polar surface area (TPSA) is 75.6 Å². The van der Waals surface area contributed by atoms with Crippen LogP contribution in [0, 0.1) is 0 Å². The summed E-state index contributed by atoms with van der Waals surface area (Å²) in [5.74, 6) is -1.09. The molecule has 14 heavy (non-hydrogen) atoms. The van der Waals surface area contributed by atoms with Gasteiger partial charge < -0.3 is 15.2 Å². The molecule has 0 aromatic carbocycles. The van der Waals surface area contributed by atoms with Crippen molar-refractivity contribution in [2.75, 3.05) is 6.61 Å². The SMILES string of the molecule is CCCCOC(=O)NC(C)(C)C(=O)O. The average Bonchev–Trinajstić information content (AvgIpc) is 2.03. The van der Waals surface area contributed by atoms with Crippen LogP contribution in [0.2, 0.25) is 0 Å². The van der Waals surface area contributed by atoms with Gasteiger partial charge in [-0.2, -0.15) is 0 Å². The third kappa shape index (κ3) is 4.69. The Bertz CT molecular complexity index is 213. The number of alkyl carbamates (subject to hydrolysis) is 1. The smallest absolute Gasteiger partial charge is 0.408 e. The van der Waals surface area contributed by atoms with Gasteiger partial charge in [0.1, 0.15) is 5.54 Å². The van der Waals surface area contributed by atoms with Crippen LogP contribution in [-0.2, 0) is 9.53 Å². The number of unbranched alkanes of at least 4 members (excludes halogenated alkanes) is 1. The third-order valence-corrected chi connectivity index (χ3v) is 1.68. The highest BCUT2D eigenvalue weighted by molar-refractivity contribution is 5.83. The Morgan fingerprint density at radius 1 is 1.43 bits per heavy atom. The number of carbonyl (C=O) groups is 2. The molecule has 0 aliphatic carbocycles. The standard InChI is InChI=1S/C9H17NO4/c1-4-5-6-14-8(13)10-9(2,3)7(11)12/h4-6H2,1-3H3,(H,10,13)(H,11,12). The normalized spacial score (nSPS) is 10.8. The van der Waals surface area contributed by atoms with E-state index in [1.807, 2.05) is 6.92 Å². The Hall–Kier alpha value is -1.26. The summed E-state index contributed by atoms with van der Waals surface area (Å²) in [6, 6.07) is 0. The number of amides is 1. The summed E-state index contributed by atoms with van der Waals surface area (Å²) in [5.41, 5.74) is -1.29. The highest BCUT2D eigenvalue weighted by Gasteiger charge is 2.29. The minimum atomic E-state index is -1.29. The number of carbonyl (C=O) groups excluding carboxylic acids is 1. The molecular formula is C9H17NO4. The highest BCUT2D eigenvalue weighted by atomic mass is 16.5. The number of carboxylic acids is 1. The van der Waals surface area contributed by atoms with Crippen molar-refractivity contribution >= 4 is 12.1 Å². The summed E-state index contributed by atoms with van der Waals surface area (Å²) in [4.78, 5) is 21.7. The molecule has 0 saturated carbocycles. The number of hydrogen-bond acceptors (Lipinski definition) is 3. The van der Waals surface area contributed by atoms with Gasteiger partial charge in [-0.15, -0.1) is 0 Å². The van der Waals surface area contributed by atoms with E-state index in [9.17, 15) is 9.59 Å². The van der Waals surface area contributed by atoms with Gasteiger partial charge in [-0.1, -0.05) is 13.3 Å². The van der Waals surface area contributed by atoms with Crippen molar-refractivity contribution in [3.63, 3.8) is 0 Å². The van der Waals surface area contributed by atoms with Crippen LogP contribution < -0.4 is 5.32 Å². The number of hydrogen-bond donors (Lipinski definition) is 2. The average molecular weight is 203 g/mol. The van der Waals surface area contributed by atoms with Crippen LogP contribution in [0.1, 0.15) is 33.6 Å². The van der Waals surface area contributed by atoms with Gasteiger partial charge in [-0.05, 0) is 20.3 Å². The first-order valence-electron chi connectivity index (χ1n) is 4.58. The molecule has 82 valence electrons. The first-order chi connectivity index (χ1) is 6.40. The molecule has 0 spiro atoms. The van der Waals surface area contributed by atoms with Crippen LogP contribution in [0.15, 0.2) is 0 Å². The van der Waals surface area contributed by atoms with Crippen LogP contribution in [0.4, 0.5) is 4.79 Å². The molecule has 5 nitrogen and oxygen atoms in total. The molecule has 0 aliphatic rings. The van der Waals surface area contributed by atoms with Gasteiger partial charge in [0.05, 0.1) is 6.61 Å². The van der Waals surface area contributed by atoms with Gasteiger partial charge in [0.25, 0.3) is 0 Å². The molecule has 0 bridgehead atoms. The maximum Gasteiger partial charge on any atom is 0.408 e. The van der Waals surface area contributed by atoms with E-state index < -0.39 is 17.6 Å². The highest BCUT2D eigenvalue weighted by Crippen LogP contribution is 2.02. The van der Waals surface area contributed by atoms with Gasteiger partial charge >= 0.3 is 12.1 Å². The fourth-order valence-corrected chi connectivity index (χ4v) is 0.654. The lowest BCUT2D eigenvalue weighted by molar-refractivity contribution is -0.143. The van der Waals surface area contributed by atoms with Crippen LogP contribution in [-0.4, -0.2) is 29.3 Å². The number of carboxylic acid groups (broad SMARTS) is 1. The number of ether oxygens (including phenoxy) is 1. The molecule has 0 unspecified atom stereocenters. The zero-order chi connectivity index (χ0) is 11.2. The second-order valence-corrected chi connectivity index (χ2v) is 3.54. The van der Waals surface area contributed by atoms with E-state index in [1.165, 1.54) is 13.8 Å². The van der Waals surface area contributed by atoms with E-state index in [0.29, 0.717) is 6.61 Å². The predicted molar refractivity (Wildman–Crippen MR) is 51.1 cm³/mol. The van der Waals surface area contributed by atoms with Crippen LogP contribution in [0.3, 0.4) is 0 Å². The first-order valence-corrected chi connectivity index (χ1v) is 4.58. The summed E-state index contributed by atoms with van der Waals surface area (Å²) in [6.07, 6.45) is 1.02. The maximum absolute atomic E-state index is 11.0. The van der Waals surface area contributed by atoms with E-state index in [4.69, 9.17) is 9.84 Å². The van der Waals surface area contributed by atoms with Crippen LogP contribution >= 0.6 is 0 Å². The minimum Gasteiger partial charge on any atom is -0.480 e. The van der Waals surface area contributed by atoms with E-state index in [2.05, 4.69) is 5.32 Å². The second-order valence-electron chi connectivity index (χ2n) is 3.54. The summed E-state index contributed by atoms with van der Waals surface area (Å²) in [5, 5.41) is 10.9. The maximum atomic E-state index is 11.0. The molecule has 0 aromatic heterocycles. The summed E-state index contributed by atoms with van der Waals surface area (Å²) in [6.45, 7) is 5.09. The molecule has 2 N–H and O–H groups in total. The Kier molecular flexibility index (Phi) is 4.97. The van der Waals surface area contributed by atoms with Crippen molar-refractivity contribution in [1.29, 1.82) is 0 Å². The summed E-state index contributed by atoms with van der Waals surface area (Å²) >= 11 is 0. The lowest BCUT2D eigenvalue weighted by Gasteiger charge is -2.20. The molecule has 0 atom stereocenters. The summed E-state index contributed by atoms with van der Waals surface area (Å²) in [7, 11) is 0. The zero-order valence-electron chi connectivity index (χ0n) is 8.79. The molecule has 0 radical (unpaired) electrons. The predicted octanol–water partition coefficient (Wildman–Crippen LogP) is 1.38. The lowest BCUT2D eigenvalue weighted by atomic mass is 10.1. The van der Waals surface area contributed by atoms with Gasteiger partial charge in [-0.3, -0.25) is 0 Å². The molecule has 1 amide bonds. The molecule has 0 aromatic rings. The summed E-state index contributed by atoms with van der Waals surface area (Å²) < 4.78 is 4.76. The van der Waals surface area contributed by atoms with Gasteiger partial charge in [0.2, 0.25) is 0 Å². The molecule has 0 fully saturated rings. The van der Waals surface area contributed by atoms with Crippen molar-refractivity contribution in [2.45, 2.75) is 39.2 Å². The molecule has 0 rings (SSSR count). The van der Waals surface area contributed by atoms with Crippen LogP contribution in [0.25, 0.3) is 0 Å². The zero-order valence-corrected chi connectivity index (χ0v) is 8.79. The van der Waals surface area contributed by atoms with Crippen LogP contribution in [0.5, 0.6) is 0 Å². The van der Waals surface area contributed by atoms with Crippen molar-refractivity contribution in [1.82, 2.24) is 5.32 Å². The first kappa shape index (κ1) is 12.7. The number of nitrogens with one attached hydrogen (secondary N) is 1. The Labute approximate surface area is 83.4 Å². The molecule has 0 heterocycles. The second kappa shape index (κ2) is 5.47. The van der Waals surface area contributed by atoms with Gasteiger partial charge in [-0.25, -0.2) is 9.59 Å². The van der Waals surface area contributed by atoms with Crippen molar-refractivity contribution < 1.29 is 19.4 Å². The van der Waals surface area contributed by atoms with E-state index in [1.54, 1.807) is 0 Å².